The summed E-state index contributed by atoms with van der Waals surface area (Å²) in [6.07, 6.45) is -2.60. The van der Waals surface area contributed by atoms with Gasteiger partial charge in [0.25, 0.3) is 0 Å². The zero-order chi connectivity index (χ0) is 21.5. The summed E-state index contributed by atoms with van der Waals surface area (Å²) in [5.41, 5.74) is 2.43. The second-order valence-electron chi connectivity index (χ2n) is 7.62. The van der Waals surface area contributed by atoms with Crippen LogP contribution in [0.25, 0.3) is 10.9 Å². The largest absolute Gasteiger partial charge is 0.416 e. The minimum atomic E-state index is -4.44. The Labute approximate surface area is 173 Å². The second kappa shape index (κ2) is 7.74. The standard InChI is InChI=1S/C22H23F3N2O2S/c1-2-3-14-30(28,29)27-13-12-18-17-6-4-5-7-19(17)26-20(18)21(27)15-8-10-16(11-9-15)22(23,24)25/h4-11,21,26H,2-3,12-14H2,1H3. The predicted molar refractivity (Wildman–Crippen MR) is 111 cm³/mol. The molecule has 0 bridgehead atoms. The van der Waals surface area contributed by atoms with Gasteiger partial charge in [-0.05, 0) is 42.2 Å². The number of para-hydroxylation sites is 1. The molecule has 0 radical (unpaired) electrons. The molecule has 0 saturated carbocycles. The minimum Gasteiger partial charge on any atom is -0.357 e. The Morgan fingerprint density at radius 2 is 1.80 bits per heavy atom. The fraction of sp³-hybridized carbons (Fsp3) is 0.364. The summed E-state index contributed by atoms with van der Waals surface area (Å²) < 4.78 is 66.8. The Balaban J connectivity index is 1.85. The third-order valence-corrected chi connectivity index (χ3v) is 7.57. The van der Waals surface area contributed by atoms with Gasteiger partial charge in [-0.15, -0.1) is 0 Å². The van der Waals surface area contributed by atoms with E-state index in [0.29, 0.717) is 24.9 Å². The molecule has 30 heavy (non-hydrogen) atoms. The molecule has 3 aromatic rings. The molecular formula is C22H23F3N2O2S. The predicted octanol–water partition coefficient (Wildman–Crippen LogP) is 5.26. The summed E-state index contributed by atoms with van der Waals surface area (Å²) >= 11 is 0. The van der Waals surface area contributed by atoms with Gasteiger partial charge in [0.05, 0.1) is 17.4 Å². The van der Waals surface area contributed by atoms with Crippen LogP contribution in [-0.4, -0.2) is 30.0 Å². The number of alkyl halides is 3. The van der Waals surface area contributed by atoms with Crippen molar-refractivity contribution < 1.29 is 21.6 Å². The molecule has 0 aliphatic carbocycles. The molecule has 0 saturated heterocycles. The number of benzene rings is 2. The Bertz CT molecular complexity index is 1150. The third-order valence-electron chi connectivity index (χ3n) is 5.66. The number of fused-ring (bicyclic) bond motifs is 3. The van der Waals surface area contributed by atoms with E-state index in [1.165, 1.54) is 16.4 Å². The zero-order valence-electron chi connectivity index (χ0n) is 16.5. The van der Waals surface area contributed by atoms with Gasteiger partial charge in [0, 0.05) is 23.1 Å². The van der Waals surface area contributed by atoms with Crippen molar-refractivity contribution in [2.75, 3.05) is 12.3 Å². The van der Waals surface area contributed by atoms with Gasteiger partial charge >= 0.3 is 6.18 Å². The summed E-state index contributed by atoms with van der Waals surface area (Å²) in [5, 5.41) is 1.02. The van der Waals surface area contributed by atoms with E-state index in [9.17, 15) is 21.6 Å². The van der Waals surface area contributed by atoms with Crippen LogP contribution in [0.2, 0.25) is 0 Å². The minimum absolute atomic E-state index is 0.0240. The summed E-state index contributed by atoms with van der Waals surface area (Å²) in [7, 11) is -3.57. The van der Waals surface area contributed by atoms with Crippen molar-refractivity contribution in [3.63, 3.8) is 0 Å². The number of aromatic amines is 1. The van der Waals surface area contributed by atoms with Gasteiger partial charge in [-0.25, -0.2) is 8.42 Å². The van der Waals surface area contributed by atoms with Gasteiger partial charge in [0.15, 0.2) is 0 Å². The fourth-order valence-corrected chi connectivity index (χ4v) is 5.96. The normalized spacial score (nSPS) is 17.9. The van der Waals surface area contributed by atoms with Crippen molar-refractivity contribution >= 4 is 20.9 Å². The molecule has 1 atom stereocenters. The summed E-state index contributed by atoms with van der Waals surface area (Å²) in [5.74, 6) is 0.0240. The average Bonchev–Trinajstić information content (AvgIpc) is 3.10. The van der Waals surface area contributed by atoms with Crippen molar-refractivity contribution in [3.8, 4) is 0 Å². The molecule has 1 aliphatic heterocycles. The number of hydrogen-bond donors (Lipinski definition) is 1. The quantitative estimate of drug-likeness (QED) is 0.593. The lowest BCUT2D eigenvalue weighted by Crippen LogP contribution is -2.41. The lowest BCUT2D eigenvalue weighted by Gasteiger charge is -2.35. The second-order valence-corrected chi connectivity index (χ2v) is 9.66. The third kappa shape index (κ3) is 3.74. The van der Waals surface area contributed by atoms with E-state index in [0.717, 1.165) is 40.7 Å². The first-order chi connectivity index (χ1) is 14.2. The van der Waals surface area contributed by atoms with Crippen molar-refractivity contribution in [2.45, 2.75) is 38.4 Å². The SMILES string of the molecule is CCCCS(=O)(=O)N1CCc2c([nH]c3ccccc23)C1c1ccc(C(F)(F)F)cc1. The van der Waals surface area contributed by atoms with Crippen LogP contribution in [0.15, 0.2) is 48.5 Å². The van der Waals surface area contributed by atoms with E-state index in [1.54, 1.807) is 0 Å². The Morgan fingerprint density at radius 3 is 2.47 bits per heavy atom. The van der Waals surface area contributed by atoms with E-state index in [4.69, 9.17) is 0 Å². The van der Waals surface area contributed by atoms with Gasteiger partial charge in [-0.2, -0.15) is 17.5 Å². The molecular weight excluding hydrogens is 413 g/mol. The molecule has 1 N–H and O–H groups in total. The fourth-order valence-electron chi connectivity index (χ4n) is 4.15. The molecule has 1 aromatic heterocycles. The molecule has 1 aliphatic rings. The Morgan fingerprint density at radius 1 is 1.10 bits per heavy atom. The van der Waals surface area contributed by atoms with Crippen molar-refractivity contribution in [1.82, 2.24) is 9.29 Å². The molecule has 1 unspecified atom stereocenters. The molecule has 0 fully saturated rings. The maximum absolute atomic E-state index is 13.1. The maximum Gasteiger partial charge on any atom is 0.416 e. The highest BCUT2D eigenvalue weighted by molar-refractivity contribution is 7.89. The van der Waals surface area contributed by atoms with Gasteiger partial charge in [-0.1, -0.05) is 43.7 Å². The molecule has 0 amide bonds. The van der Waals surface area contributed by atoms with Crippen LogP contribution in [0.5, 0.6) is 0 Å². The monoisotopic (exact) mass is 436 g/mol. The van der Waals surface area contributed by atoms with Crippen LogP contribution in [0, 0.1) is 0 Å². The van der Waals surface area contributed by atoms with Crippen LogP contribution in [0.4, 0.5) is 13.2 Å². The van der Waals surface area contributed by atoms with Crippen LogP contribution in [0.3, 0.4) is 0 Å². The molecule has 4 nitrogen and oxygen atoms in total. The van der Waals surface area contributed by atoms with Crippen LogP contribution in [-0.2, 0) is 22.6 Å². The summed E-state index contributed by atoms with van der Waals surface area (Å²) in [6.45, 7) is 2.22. The number of unbranched alkanes of at least 4 members (excludes halogenated alkanes) is 1. The summed E-state index contributed by atoms with van der Waals surface area (Å²) in [6, 6.07) is 11.9. The van der Waals surface area contributed by atoms with Crippen LogP contribution >= 0.6 is 0 Å². The van der Waals surface area contributed by atoms with Crippen LogP contribution < -0.4 is 0 Å². The number of hydrogen-bond acceptors (Lipinski definition) is 2. The van der Waals surface area contributed by atoms with Crippen molar-refractivity contribution in [3.05, 3.63) is 70.9 Å². The lowest BCUT2D eigenvalue weighted by atomic mass is 9.94. The van der Waals surface area contributed by atoms with Gasteiger partial charge in [-0.3, -0.25) is 0 Å². The first kappa shape index (κ1) is 20.9. The zero-order valence-corrected chi connectivity index (χ0v) is 17.4. The lowest BCUT2D eigenvalue weighted by molar-refractivity contribution is -0.137. The number of nitrogens with one attached hydrogen (secondary N) is 1. The smallest absolute Gasteiger partial charge is 0.357 e. The van der Waals surface area contributed by atoms with Gasteiger partial charge in [0.2, 0.25) is 10.0 Å². The molecule has 2 heterocycles. The molecule has 0 spiro atoms. The van der Waals surface area contributed by atoms with E-state index in [2.05, 4.69) is 4.98 Å². The Hall–Kier alpha value is -2.32. The highest BCUT2D eigenvalue weighted by atomic mass is 32.2. The average molecular weight is 436 g/mol. The van der Waals surface area contributed by atoms with E-state index in [-0.39, 0.29) is 5.75 Å². The molecule has 4 rings (SSSR count). The maximum atomic E-state index is 13.1. The highest BCUT2D eigenvalue weighted by Gasteiger charge is 2.38. The van der Waals surface area contributed by atoms with Gasteiger partial charge in [0.1, 0.15) is 0 Å². The number of nitrogens with zero attached hydrogens (tertiary/aromatic N) is 1. The van der Waals surface area contributed by atoms with Crippen molar-refractivity contribution in [2.24, 2.45) is 0 Å². The topological polar surface area (TPSA) is 53.2 Å². The van der Waals surface area contributed by atoms with E-state index >= 15 is 0 Å². The number of H-pyrrole nitrogens is 1. The number of rotatable bonds is 5. The number of aromatic nitrogens is 1. The van der Waals surface area contributed by atoms with E-state index in [1.807, 2.05) is 31.2 Å². The van der Waals surface area contributed by atoms with E-state index < -0.39 is 27.8 Å². The first-order valence-electron chi connectivity index (χ1n) is 9.98. The van der Waals surface area contributed by atoms with Gasteiger partial charge < -0.3 is 4.98 Å². The van der Waals surface area contributed by atoms with Crippen molar-refractivity contribution in [1.29, 1.82) is 0 Å². The van der Waals surface area contributed by atoms with Crippen LogP contribution in [0.1, 0.15) is 48.2 Å². The number of sulfonamides is 1. The summed E-state index contributed by atoms with van der Waals surface area (Å²) in [4.78, 5) is 3.34. The molecule has 8 heteroatoms. The first-order valence-corrected chi connectivity index (χ1v) is 11.6. The Kier molecular flexibility index (Phi) is 5.40. The molecule has 160 valence electrons. The highest BCUT2D eigenvalue weighted by Crippen LogP contribution is 2.40. The molecule has 2 aromatic carbocycles. The number of halogens is 3.